The first-order valence-electron chi connectivity index (χ1n) is 5.13. The lowest BCUT2D eigenvalue weighted by Gasteiger charge is -2.24. The minimum absolute atomic E-state index is 0.0915. The average molecular weight is 226 g/mol. The van der Waals surface area contributed by atoms with Gasteiger partial charge in [0.1, 0.15) is 5.82 Å². The number of aromatic nitrogens is 3. The first-order valence-corrected chi connectivity index (χ1v) is 5.13. The monoisotopic (exact) mass is 226 g/mol. The number of aliphatic hydroxyl groups excluding tert-OH is 1. The van der Waals surface area contributed by atoms with Crippen molar-refractivity contribution in [3.8, 4) is 0 Å². The van der Waals surface area contributed by atoms with Crippen LogP contribution in [0.5, 0.6) is 0 Å². The highest BCUT2D eigenvalue weighted by Gasteiger charge is 2.12. The Bertz CT molecular complexity index is 323. The van der Waals surface area contributed by atoms with Gasteiger partial charge < -0.3 is 16.6 Å². The Labute approximate surface area is 94.5 Å². The minimum Gasteiger partial charge on any atom is -0.395 e. The van der Waals surface area contributed by atoms with Crippen LogP contribution < -0.4 is 11.5 Å². The van der Waals surface area contributed by atoms with E-state index >= 15 is 0 Å². The summed E-state index contributed by atoms with van der Waals surface area (Å²) in [5.41, 5.74) is 11.0. The Kier molecular flexibility index (Phi) is 4.39. The third-order valence-electron chi connectivity index (χ3n) is 2.18. The second-order valence-electron chi connectivity index (χ2n) is 3.76. The van der Waals surface area contributed by atoms with Gasteiger partial charge in [-0.05, 0) is 13.8 Å². The van der Waals surface area contributed by atoms with Crippen LogP contribution in [0.3, 0.4) is 0 Å². The molecule has 16 heavy (non-hydrogen) atoms. The Morgan fingerprint density at radius 2 is 1.75 bits per heavy atom. The van der Waals surface area contributed by atoms with Crippen molar-refractivity contribution in [1.82, 2.24) is 19.9 Å². The summed E-state index contributed by atoms with van der Waals surface area (Å²) in [6, 6.07) is 0.284. The van der Waals surface area contributed by atoms with Crippen molar-refractivity contribution in [2.24, 2.45) is 0 Å². The van der Waals surface area contributed by atoms with Crippen LogP contribution in [0.15, 0.2) is 0 Å². The van der Waals surface area contributed by atoms with Crippen LogP contribution in [0, 0.1) is 0 Å². The third kappa shape index (κ3) is 3.59. The Balaban J connectivity index is 2.76. The Morgan fingerprint density at radius 3 is 2.19 bits per heavy atom. The highest BCUT2D eigenvalue weighted by molar-refractivity contribution is 5.25. The van der Waals surface area contributed by atoms with Crippen LogP contribution in [0.4, 0.5) is 11.9 Å². The molecule has 0 aromatic carbocycles. The van der Waals surface area contributed by atoms with Crippen LogP contribution in [-0.2, 0) is 6.54 Å². The van der Waals surface area contributed by atoms with Gasteiger partial charge in [-0.1, -0.05) is 0 Å². The summed E-state index contributed by atoms with van der Waals surface area (Å²) in [5.74, 6) is 0.762. The fourth-order valence-corrected chi connectivity index (χ4v) is 1.36. The number of anilines is 2. The van der Waals surface area contributed by atoms with Gasteiger partial charge in [0.2, 0.25) is 11.9 Å². The maximum absolute atomic E-state index is 8.93. The highest BCUT2D eigenvalue weighted by Crippen LogP contribution is 2.06. The quantitative estimate of drug-likeness (QED) is 0.604. The van der Waals surface area contributed by atoms with E-state index in [4.69, 9.17) is 16.6 Å². The normalized spacial score (nSPS) is 11.3. The van der Waals surface area contributed by atoms with E-state index in [9.17, 15) is 0 Å². The molecule has 0 saturated heterocycles. The zero-order chi connectivity index (χ0) is 12.1. The Morgan fingerprint density at radius 1 is 1.19 bits per heavy atom. The minimum atomic E-state index is 0.0915. The molecule has 0 radical (unpaired) electrons. The molecule has 0 saturated carbocycles. The zero-order valence-electron chi connectivity index (χ0n) is 9.59. The van der Waals surface area contributed by atoms with Crippen molar-refractivity contribution in [2.75, 3.05) is 24.6 Å². The summed E-state index contributed by atoms with van der Waals surface area (Å²) in [4.78, 5) is 13.7. The van der Waals surface area contributed by atoms with Gasteiger partial charge in [0.25, 0.3) is 0 Å². The standard InChI is InChI=1S/C9H18N6O/c1-6(2)15(3-4-16)5-7-12-8(10)14-9(11)13-7/h6,16H,3-5H2,1-2H3,(H4,10,11,12,13,14). The van der Waals surface area contributed by atoms with Crippen molar-refractivity contribution >= 4 is 11.9 Å². The second kappa shape index (κ2) is 5.57. The number of aliphatic hydroxyl groups is 1. The van der Waals surface area contributed by atoms with E-state index in [-0.39, 0.29) is 24.5 Å². The molecule has 7 heteroatoms. The van der Waals surface area contributed by atoms with Crippen LogP contribution in [0.25, 0.3) is 0 Å². The van der Waals surface area contributed by atoms with E-state index in [1.165, 1.54) is 0 Å². The number of hydrogen-bond acceptors (Lipinski definition) is 7. The molecule has 0 fully saturated rings. The SMILES string of the molecule is CC(C)N(CCO)Cc1nc(N)nc(N)n1. The molecule has 0 atom stereocenters. The van der Waals surface area contributed by atoms with Crippen LogP contribution >= 0.6 is 0 Å². The van der Waals surface area contributed by atoms with Crippen molar-refractivity contribution in [3.05, 3.63) is 5.82 Å². The fraction of sp³-hybridized carbons (Fsp3) is 0.667. The largest absolute Gasteiger partial charge is 0.395 e. The van der Waals surface area contributed by atoms with E-state index in [0.717, 1.165) is 0 Å². The van der Waals surface area contributed by atoms with Crippen molar-refractivity contribution in [2.45, 2.75) is 26.4 Å². The number of hydrogen-bond donors (Lipinski definition) is 3. The third-order valence-corrected chi connectivity index (χ3v) is 2.18. The lowest BCUT2D eigenvalue weighted by molar-refractivity contribution is 0.156. The Hall–Kier alpha value is -1.47. The van der Waals surface area contributed by atoms with E-state index in [2.05, 4.69) is 15.0 Å². The summed E-state index contributed by atoms with van der Waals surface area (Å²) in [6.07, 6.45) is 0. The molecule has 1 aromatic heterocycles. The van der Waals surface area contributed by atoms with Gasteiger partial charge in [0.15, 0.2) is 0 Å². The van der Waals surface area contributed by atoms with Gasteiger partial charge in [-0.15, -0.1) is 0 Å². The van der Waals surface area contributed by atoms with Crippen molar-refractivity contribution < 1.29 is 5.11 Å². The second-order valence-corrected chi connectivity index (χ2v) is 3.76. The van der Waals surface area contributed by atoms with Gasteiger partial charge >= 0.3 is 0 Å². The maximum Gasteiger partial charge on any atom is 0.225 e. The molecule has 90 valence electrons. The van der Waals surface area contributed by atoms with E-state index < -0.39 is 0 Å². The van der Waals surface area contributed by atoms with Gasteiger partial charge in [-0.3, -0.25) is 4.90 Å². The lowest BCUT2D eigenvalue weighted by atomic mass is 10.3. The first kappa shape index (κ1) is 12.6. The topological polar surface area (TPSA) is 114 Å². The van der Waals surface area contributed by atoms with Crippen molar-refractivity contribution in [3.63, 3.8) is 0 Å². The van der Waals surface area contributed by atoms with Crippen molar-refractivity contribution in [1.29, 1.82) is 0 Å². The summed E-state index contributed by atoms with van der Waals surface area (Å²) in [5, 5.41) is 8.93. The van der Waals surface area contributed by atoms with Gasteiger partial charge in [-0.25, -0.2) is 0 Å². The van der Waals surface area contributed by atoms with Gasteiger partial charge in [0.05, 0.1) is 13.2 Å². The molecular formula is C9H18N6O. The summed E-state index contributed by atoms with van der Waals surface area (Å²) in [7, 11) is 0. The van der Waals surface area contributed by atoms with Gasteiger partial charge in [0, 0.05) is 12.6 Å². The molecule has 1 aromatic rings. The van der Waals surface area contributed by atoms with E-state index in [1.807, 2.05) is 18.7 Å². The molecule has 1 rings (SSSR count). The zero-order valence-corrected chi connectivity index (χ0v) is 9.59. The number of nitrogens with two attached hydrogens (primary N) is 2. The number of nitrogens with zero attached hydrogens (tertiary/aromatic N) is 4. The van der Waals surface area contributed by atoms with E-state index in [1.54, 1.807) is 0 Å². The first-order chi connectivity index (χ1) is 7.52. The predicted octanol–water partition coefficient (Wildman–Crippen LogP) is -0.761. The highest BCUT2D eigenvalue weighted by atomic mass is 16.3. The molecule has 7 nitrogen and oxygen atoms in total. The lowest BCUT2D eigenvalue weighted by Crippen LogP contribution is -2.33. The summed E-state index contributed by atoms with van der Waals surface area (Å²) in [6.45, 7) is 5.21. The molecule has 0 aliphatic heterocycles. The smallest absolute Gasteiger partial charge is 0.225 e. The summed E-state index contributed by atoms with van der Waals surface area (Å²) < 4.78 is 0. The number of nitrogen functional groups attached to an aromatic ring is 2. The van der Waals surface area contributed by atoms with Crippen LogP contribution in [-0.4, -0.2) is 44.2 Å². The molecule has 0 unspecified atom stereocenters. The molecule has 5 N–H and O–H groups in total. The predicted molar refractivity (Wildman–Crippen MR) is 61.3 cm³/mol. The molecule has 1 heterocycles. The molecule has 0 spiro atoms. The molecule has 0 amide bonds. The molecule has 0 bridgehead atoms. The summed E-state index contributed by atoms with van der Waals surface area (Å²) >= 11 is 0. The molecule has 0 aliphatic rings. The number of rotatable bonds is 5. The molecular weight excluding hydrogens is 208 g/mol. The fourth-order valence-electron chi connectivity index (χ4n) is 1.36. The van der Waals surface area contributed by atoms with Gasteiger partial charge in [-0.2, -0.15) is 15.0 Å². The van der Waals surface area contributed by atoms with Crippen LogP contribution in [0.1, 0.15) is 19.7 Å². The molecule has 0 aliphatic carbocycles. The van der Waals surface area contributed by atoms with E-state index in [0.29, 0.717) is 18.9 Å². The van der Waals surface area contributed by atoms with Crippen LogP contribution in [0.2, 0.25) is 0 Å². The average Bonchev–Trinajstić information content (AvgIpc) is 2.15. The maximum atomic E-state index is 8.93.